The fraction of sp³-hybridized carbons (Fsp3) is 0.273. The van der Waals surface area contributed by atoms with E-state index in [1.54, 1.807) is 9.75 Å². The van der Waals surface area contributed by atoms with Crippen LogP contribution in [0.4, 0.5) is 0 Å². The summed E-state index contributed by atoms with van der Waals surface area (Å²) < 4.78 is 1.09. The number of thiophene rings is 2. The number of fused-ring (bicyclic) bond motifs is 2. The zero-order valence-corrected chi connectivity index (χ0v) is 19.7. The molecule has 6 rings (SSSR count). The Kier molecular flexibility index (Phi) is 5.15. The predicted octanol–water partition coefficient (Wildman–Crippen LogP) is 8.16. The van der Waals surface area contributed by atoms with Gasteiger partial charge in [-0.05, 0) is 34.0 Å². The maximum absolute atomic E-state index is 2.38. The minimum Gasteiger partial charge on any atom is -0.146 e. The van der Waals surface area contributed by atoms with Crippen LogP contribution < -0.4 is 0 Å². The first-order valence-corrected chi connectivity index (χ1v) is 14.9. The Balaban J connectivity index is 1.30. The summed E-state index contributed by atoms with van der Waals surface area (Å²) in [6.45, 7) is 0. The number of hydrogen-bond donors (Lipinski definition) is 0. The zero-order chi connectivity index (χ0) is 18.5. The number of thioether (sulfide) groups is 4. The van der Waals surface area contributed by atoms with Gasteiger partial charge in [-0.3, -0.25) is 0 Å². The molecule has 0 bridgehead atoms. The maximum Gasteiger partial charge on any atom is 0.0862 e. The van der Waals surface area contributed by atoms with E-state index in [1.165, 1.54) is 11.1 Å². The van der Waals surface area contributed by atoms with Crippen molar-refractivity contribution < 1.29 is 0 Å². The van der Waals surface area contributed by atoms with Gasteiger partial charge >= 0.3 is 0 Å². The summed E-state index contributed by atoms with van der Waals surface area (Å²) in [5, 5.41) is 7.08. The summed E-state index contributed by atoms with van der Waals surface area (Å²) in [7, 11) is 0. The summed E-state index contributed by atoms with van der Waals surface area (Å²) in [6.07, 6.45) is 18.3. The molecule has 6 heteroatoms. The highest BCUT2D eigenvalue weighted by molar-refractivity contribution is 8.21. The van der Waals surface area contributed by atoms with Crippen LogP contribution in [0.1, 0.15) is 18.9 Å². The highest BCUT2D eigenvalue weighted by atomic mass is 32.2. The molecule has 142 valence electrons. The van der Waals surface area contributed by atoms with Crippen molar-refractivity contribution in [2.45, 2.75) is 30.2 Å². The molecule has 0 radical (unpaired) electrons. The van der Waals surface area contributed by atoms with Gasteiger partial charge < -0.3 is 0 Å². The number of rotatable bonds is 3. The molecule has 4 heterocycles. The molecule has 0 N–H and O–H groups in total. The van der Waals surface area contributed by atoms with Crippen molar-refractivity contribution in [2.75, 3.05) is 0 Å². The molecule has 4 atom stereocenters. The Labute approximate surface area is 191 Å². The standard InChI is InChI=1S/C22H18S6/c1-2-6-16-15(5-1)25-21(26-16)19-13(9-11-23-19)14-10-12-24-20(14)22-27-17-7-3-4-8-18(17)28-22/h1-12,15-18,21-22H. The first-order valence-electron chi connectivity index (χ1n) is 9.34. The van der Waals surface area contributed by atoms with E-state index in [4.69, 9.17) is 0 Å². The Morgan fingerprint density at radius 1 is 0.500 bits per heavy atom. The largest absolute Gasteiger partial charge is 0.146 e. The molecule has 0 spiro atoms. The summed E-state index contributed by atoms with van der Waals surface area (Å²) in [4.78, 5) is 3.10. The normalized spacial score (nSPS) is 35.4. The van der Waals surface area contributed by atoms with E-state index in [0.29, 0.717) is 30.2 Å². The summed E-state index contributed by atoms with van der Waals surface area (Å²) in [5.41, 5.74) is 2.94. The van der Waals surface area contributed by atoms with Gasteiger partial charge in [-0.1, -0.05) is 48.6 Å². The van der Waals surface area contributed by atoms with Crippen LogP contribution >= 0.6 is 69.7 Å². The lowest BCUT2D eigenvalue weighted by molar-refractivity contribution is 1.09. The SMILES string of the molecule is C1=CC2SC(c3sccc3-c3ccsc3C3SC4C=CC=CC4S3)SC2C=C1. The first-order chi connectivity index (χ1) is 13.9. The van der Waals surface area contributed by atoms with Crippen molar-refractivity contribution in [3.8, 4) is 11.1 Å². The van der Waals surface area contributed by atoms with E-state index < -0.39 is 0 Å². The average Bonchev–Trinajstić information content (AvgIpc) is 3.51. The van der Waals surface area contributed by atoms with Gasteiger partial charge in [0.15, 0.2) is 0 Å². The van der Waals surface area contributed by atoms with E-state index in [-0.39, 0.29) is 0 Å². The van der Waals surface area contributed by atoms with Crippen molar-refractivity contribution in [3.05, 3.63) is 81.3 Å². The Morgan fingerprint density at radius 3 is 1.21 bits per heavy atom. The van der Waals surface area contributed by atoms with Crippen LogP contribution in [0.3, 0.4) is 0 Å². The minimum absolute atomic E-state index is 0.544. The maximum atomic E-state index is 2.38. The minimum atomic E-state index is 0.544. The number of hydrogen-bond acceptors (Lipinski definition) is 6. The third-order valence-corrected chi connectivity index (χ3v) is 14.5. The fourth-order valence-electron chi connectivity index (χ4n) is 3.96. The lowest BCUT2D eigenvalue weighted by Gasteiger charge is -2.13. The zero-order valence-electron chi connectivity index (χ0n) is 14.8. The van der Waals surface area contributed by atoms with E-state index in [2.05, 4.69) is 119 Å². The average molecular weight is 475 g/mol. The van der Waals surface area contributed by atoms with Gasteiger partial charge in [0.05, 0.1) is 9.16 Å². The van der Waals surface area contributed by atoms with Crippen LogP contribution in [-0.4, -0.2) is 21.0 Å². The van der Waals surface area contributed by atoms with Gasteiger partial charge in [0.1, 0.15) is 0 Å². The lowest BCUT2D eigenvalue weighted by Crippen LogP contribution is -2.10. The molecule has 2 aromatic heterocycles. The van der Waals surface area contributed by atoms with Crippen molar-refractivity contribution in [2.24, 2.45) is 0 Å². The van der Waals surface area contributed by atoms with Crippen LogP contribution in [0.2, 0.25) is 0 Å². The predicted molar refractivity (Wildman–Crippen MR) is 135 cm³/mol. The Morgan fingerprint density at radius 2 is 0.857 bits per heavy atom. The monoisotopic (exact) mass is 474 g/mol. The third-order valence-electron chi connectivity index (χ3n) is 5.30. The molecule has 2 aromatic rings. The van der Waals surface area contributed by atoms with E-state index in [9.17, 15) is 0 Å². The van der Waals surface area contributed by atoms with Crippen LogP contribution in [0.25, 0.3) is 11.1 Å². The first kappa shape index (κ1) is 18.5. The molecule has 4 unspecified atom stereocenters. The highest BCUT2D eigenvalue weighted by Gasteiger charge is 2.38. The van der Waals surface area contributed by atoms with Gasteiger partial charge in [-0.25, -0.2) is 0 Å². The van der Waals surface area contributed by atoms with Crippen molar-refractivity contribution in [1.82, 2.24) is 0 Å². The molecule has 28 heavy (non-hydrogen) atoms. The summed E-state index contributed by atoms with van der Waals surface area (Å²) in [6, 6.07) is 4.72. The van der Waals surface area contributed by atoms with Crippen LogP contribution in [0.5, 0.6) is 0 Å². The van der Waals surface area contributed by atoms with E-state index in [1.807, 2.05) is 22.7 Å². The van der Waals surface area contributed by atoms with Crippen molar-refractivity contribution >= 4 is 69.7 Å². The fourth-order valence-corrected chi connectivity index (χ4v) is 13.5. The van der Waals surface area contributed by atoms with E-state index >= 15 is 0 Å². The molecule has 2 aliphatic heterocycles. The molecule has 2 fully saturated rings. The molecule has 4 aliphatic rings. The second-order valence-electron chi connectivity index (χ2n) is 7.00. The molecular formula is C22H18S6. The smallest absolute Gasteiger partial charge is 0.0862 e. The Hall–Kier alpha value is -0.240. The molecule has 0 aromatic carbocycles. The lowest BCUT2D eigenvalue weighted by atomic mass is 10.1. The molecule has 2 saturated heterocycles. The second-order valence-corrected chi connectivity index (χ2v) is 14.6. The van der Waals surface area contributed by atoms with Crippen LogP contribution in [0, 0.1) is 0 Å². The van der Waals surface area contributed by atoms with Gasteiger partial charge in [-0.2, -0.15) is 0 Å². The molecule has 0 amide bonds. The third kappa shape index (κ3) is 3.25. The van der Waals surface area contributed by atoms with Crippen molar-refractivity contribution in [3.63, 3.8) is 0 Å². The molecule has 0 saturated carbocycles. The summed E-state index contributed by atoms with van der Waals surface area (Å²) >= 11 is 12.4. The van der Waals surface area contributed by atoms with Gasteiger partial charge in [0, 0.05) is 30.8 Å². The number of allylic oxidation sites excluding steroid dienone is 4. The van der Waals surface area contributed by atoms with Gasteiger partial charge in [0.2, 0.25) is 0 Å². The molecule has 0 nitrogen and oxygen atoms in total. The van der Waals surface area contributed by atoms with Gasteiger partial charge in [0.25, 0.3) is 0 Å². The highest BCUT2D eigenvalue weighted by Crippen LogP contribution is 2.61. The quantitative estimate of drug-likeness (QED) is 0.440. The molecular weight excluding hydrogens is 457 g/mol. The van der Waals surface area contributed by atoms with Crippen LogP contribution in [0.15, 0.2) is 71.5 Å². The summed E-state index contributed by atoms with van der Waals surface area (Å²) in [5.74, 6) is 0. The molecule has 2 aliphatic carbocycles. The van der Waals surface area contributed by atoms with E-state index in [0.717, 1.165) is 0 Å². The second kappa shape index (κ2) is 7.78. The van der Waals surface area contributed by atoms with Gasteiger partial charge in [-0.15, -0.1) is 69.7 Å². The Bertz CT molecular complexity index is 872. The topological polar surface area (TPSA) is 0 Å². The van der Waals surface area contributed by atoms with Crippen molar-refractivity contribution in [1.29, 1.82) is 0 Å². The van der Waals surface area contributed by atoms with Crippen LogP contribution in [-0.2, 0) is 0 Å².